The number of hydrogen-bond donors (Lipinski definition) is 0. The molecule has 1 heteroatoms. The molecule has 0 saturated carbocycles. The molecule has 0 N–H and O–H groups in total. The minimum atomic E-state index is 0.166. The third kappa shape index (κ3) is 1.95. The summed E-state index contributed by atoms with van der Waals surface area (Å²) in [5.74, 6) is 1.74. The Balaban J connectivity index is 2.58. The first-order chi connectivity index (χ1) is 7.39. The summed E-state index contributed by atoms with van der Waals surface area (Å²) in [5.41, 5.74) is 4.37. The van der Waals surface area contributed by atoms with Crippen LogP contribution < -0.4 is 4.74 Å². The van der Waals surface area contributed by atoms with Crippen LogP contribution in [0.5, 0.6) is 5.75 Å². The third-order valence-electron chi connectivity index (χ3n) is 3.28. The molecule has 88 valence electrons. The molecule has 1 aromatic carbocycles. The van der Waals surface area contributed by atoms with Crippen LogP contribution in [0.2, 0.25) is 0 Å². The van der Waals surface area contributed by atoms with Gasteiger partial charge in [-0.05, 0) is 22.5 Å². The highest BCUT2D eigenvalue weighted by atomic mass is 16.5. The number of hydrogen-bond acceptors (Lipinski definition) is 1. The molecule has 16 heavy (non-hydrogen) atoms. The summed E-state index contributed by atoms with van der Waals surface area (Å²) in [4.78, 5) is 0. The SMILES string of the molecule is CC(C)c1cc2c(c(C(C)(C)C)c1)OCC2. The third-order valence-corrected chi connectivity index (χ3v) is 3.28. The minimum absolute atomic E-state index is 0.166. The van der Waals surface area contributed by atoms with Crippen LogP contribution in [0.15, 0.2) is 12.1 Å². The Bertz CT molecular complexity index is 397. The van der Waals surface area contributed by atoms with Gasteiger partial charge in [-0.3, -0.25) is 0 Å². The summed E-state index contributed by atoms with van der Waals surface area (Å²) in [5, 5.41) is 0. The van der Waals surface area contributed by atoms with Gasteiger partial charge in [-0.15, -0.1) is 0 Å². The minimum Gasteiger partial charge on any atom is -0.493 e. The van der Waals surface area contributed by atoms with Crippen LogP contribution in [0.25, 0.3) is 0 Å². The van der Waals surface area contributed by atoms with Gasteiger partial charge in [0, 0.05) is 12.0 Å². The second kappa shape index (κ2) is 3.80. The van der Waals surface area contributed by atoms with Crippen molar-refractivity contribution in [1.82, 2.24) is 0 Å². The molecular formula is C15H22O. The molecule has 0 unspecified atom stereocenters. The van der Waals surface area contributed by atoms with Crippen molar-refractivity contribution in [3.05, 3.63) is 28.8 Å². The number of rotatable bonds is 1. The normalized spacial score (nSPS) is 15.1. The quantitative estimate of drug-likeness (QED) is 0.691. The molecule has 0 bridgehead atoms. The van der Waals surface area contributed by atoms with Crippen LogP contribution in [0, 0.1) is 0 Å². The standard InChI is InChI=1S/C15H22O/c1-10(2)12-8-11-6-7-16-14(11)13(9-12)15(3,4)5/h8-10H,6-7H2,1-5H3. The molecule has 1 aliphatic rings. The zero-order valence-corrected chi connectivity index (χ0v) is 11.1. The van der Waals surface area contributed by atoms with Crippen molar-refractivity contribution >= 4 is 0 Å². The Morgan fingerprint density at radius 1 is 1.19 bits per heavy atom. The van der Waals surface area contributed by atoms with E-state index in [0.29, 0.717) is 5.92 Å². The van der Waals surface area contributed by atoms with Crippen LogP contribution in [-0.4, -0.2) is 6.61 Å². The van der Waals surface area contributed by atoms with Crippen molar-refractivity contribution in [2.75, 3.05) is 6.61 Å². The van der Waals surface area contributed by atoms with E-state index in [9.17, 15) is 0 Å². The van der Waals surface area contributed by atoms with Crippen LogP contribution >= 0.6 is 0 Å². The van der Waals surface area contributed by atoms with Gasteiger partial charge in [0.1, 0.15) is 5.75 Å². The summed E-state index contributed by atoms with van der Waals surface area (Å²) in [6.07, 6.45) is 1.07. The molecule has 1 aromatic rings. The van der Waals surface area contributed by atoms with Gasteiger partial charge in [-0.25, -0.2) is 0 Å². The molecule has 0 aliphatic carbocycles. The fourth-order valence-electron chi connectivity index (χ4n) is 2.22. The predicted molar refractivity (Wildman–Crippen MR) is 68.4 cm³/mol. The van der Waals surface area contributed by atoms with E-state index >= 15 is 0 Å². The average molecular weight is 218 g/mol. The first kappa shape index (κ1) is 11.5. The number of fused-ring (bicyclic) bond motifs is 1. The van der Waals surface area contributed by atoms with E-state index in [1.807, 2.05) is 0 Å². The van der Waals surface area contributed by atoms with Gasteiger partial charge in [0.25, 0.3) is 0 Å². The highest BCUT2D eigenvalue weighted by Gasteiger charge is 2.25. The largest absolute Gasteiger partial charge is 0.493 e. The van der Waals surface area contributed by atoms with Crippen LogP contribution in [0.4, 0.5) is 0 Å². The molecule has 0 aromatic heterocycles. The van der Waals surface area contributed by atoms with Gasteiger partial charge in [-0.1, -0.05) is 46.8 Å². The van der Waals surface area contributed by atoms with Crippen LogP contribution in [0.1, 0.15) is 57.2 Å². The average Bonchev–Trinajstić information content (AvgIpc) is 2.61. The highest BCUT2D eigenvalue weighted by Crippen LogP contribution is 2.39. The van der Waals surface area contributed by atoms with Crippen molar-refractivity contribution in [2.24, 2.45) is 0 Å². The van der Waals surface area contributed by atoms with Crippen molar-refractivity contribution in [1.29, 1.82) is 0 Å². The summed E-state index contributed by atoms with van der Waals surface area (Å²) in [6.45, 7) is 12.1. The lowest BCUT2D eigenvalue weighted by Crippen LogP contribution is -2.13. The predicted octanol–water partition coefficient (Wildman–Crippen LogP) is 4.04. The first-order valence-corrected chi connectivity index (χ1v) is 6.19. The maximum absolute atomic E-state index is 5.79. The summed E-state index contributed by atoms with van der Waals surface area (Å²) in [7, 11) is 0. The Kier molecular flexibility index (Phi) is 2.73. The first-order valence-electron chi connectivity index (χ1n) is 6.19. The monoisotopic (exact) mass is 218 g/mol. The summed E-state index contributed by atoms with van der Waals surface area (Å²) >= 11 is 0. The van der Waals surface area contributed by atoms with Gasteiger partial charge in [0.2, 0.25) is 0 Å². The second-order valence-corrected chi connectivity index (χ2v) is 6.06. The van der Waals surface area contributed by atoms with E-state index in [4.69, 9.17) is 4.74 Å². The van der Waals surface area contributed by atoms with Crippen LogP contribution in [-0.2, 0) is 11.8 Å². The fraction of sp³-hybridized carbons (Fsp3) is 0.600. The molecule has 0 saturated heterocycles. The van der Waals surface area contributed by atoms with Crippen molar-refractivity contribution in [3.63, 3.8) is 0 Å². The molecule has 2 rings (SSSR count). The smallest absolute Gasteiger partial charge is 0.126 e. The van der Waals surface area contributed by atoms with Gasteiger partial charge >= 0.3 is 0 Å². The molecule has 0 spiro atoms. The van der Waals surface area contributed by atoms with Gasteiger partial charge in [0.15, 0.2) is 0 Å². The number of benzene rings is 1. The second-order valence-electron chi connectivity index (χ2n) is 6.06. The Morgan fingerprint density at radius 3 is 2.44 bits per heavy atom. The molecular weight excluding hydrogens is 196 g/mol. The van der Waals surface area contributed by atoms with Crippen LogP contribution in [0.3, 0.4) is 0 Å². The molecule has 1 nitrogen and oxygen atoms in total. The van der Waals surface area contributed by atoms with Gasteiger partial charge in [0.05, 0.1) is 6.61 Å². The van der Waals surface area contributed by atoms with Crippen molar-refractivity contribution in [2.45, 2.75) is 52.4 Å². The number of ether oxygens (including phenoxy) is 1. The molecule has 1 aliphatic heterocycles. The van der Waals surface area contributed by atoms with Crippen molar-refractivity contribution in [3.8, 4) is 5.75 Å². The Labute approximate surface area is 98.8 Å². The van der Waals surface area contributed by atoms with E-state index in [0.717, 1.165) is 18.8 Å². The zero-order valence-electron chi connectivity index (χ0n) is 11.1. The Morgan fingerprint density at radius 2 is 1.88 bits per heavy atom. The molecule has 0 radical (unpaired) electrons. The van der Waals surface area contributed by atoms with E-state index in [1.54, 1.807) is 0 Å². The zero-order chi connectivity index (χ0) is 11.9. The maximum Gasteiger partial charge on any atom is 0.126 e. The molecule has 0 fully saturated rings. The Hall–Kier alpha value is -0.980. The summed E-state index contributed by atoms with van der Waals surface area (Å²) in [6, 6.07) is 4.65. The summed E-state index contributed by atoms with van der Waals surface area (Å²) < 4.78 is 5.79. The maximum atomic E-state index is 5.79. The lowest BCUT2D eigenvalue weighted by molar-refractivity contribution is 0.347. The van der Waals surface area contributed by atoms with E-state index in [1.165, 1.54) is 16.7 Å². The molecule has 0 atom stereocenters. The molecule has 1 heterocycles. The lowest BCUT2D eigenvalue weighted by Gasteiger charge is -2.23. The lowest BCUT2D eigenvalue weighted by atomic mass is 9.82. The van der Waals surface area contributed by atoms with E-state index < -0.39 is 0 Å². The van der Waals surface area contributed by atoms with Crippen molar-refractivity contribution < 1.29 is 4.74 Å². The van der Waals surface area contributed by atoms with E-state index in [2.05, 4.69) is 46.8 Å². The molecule has 0 amide bonds. The van der Waals surface area contributed by atoms with Gasteiger partial charge in [-0.2, -0.15) is 0 Å². The topological polar surface area (TPSA) is 9.23 Å². The fourth-order valence-corrected chi connectivity index (χ4v) is 2.22. The van der Waals surface area contributed by atoms with Gasteiger partial charge < -0.3 is 4.74 Å². The highest BCUT2D eigenvalue weighted by molar-refractivity contribution is 5.50. The van der Waals surface area contributed by atoms with E-state index in [-0.39, 0.29) is 5.41 Å².